The van der Waals surface area contributed by atoms with Gasteiger partial charge < -0.3 is 26.0 Å². The minimum atomic E-state index is -0.956. The second-order valence-electron chi connectivity index (χ2n) is 7.20. The number of benzene rings is 1. The van der Waals surface area contributed by atoms with E-state index in [0.29, 0.717) is 26.1 Å². The number of ether oxygens (including phenoxy) is 1. The maximum atomic E-state index is 12.5. The first kappa shape index (κ1) is 18.7. The molecule has 2 amide bonds. The summed E-state index contributed by atoms with van der Waals surface area (Å²) in [5.74, 6) is -0.554. The Labute approximate surface area is 154 Å². The van der Waals surface area contributed by atoms with Crippen LogP contribution in [-0.2, 0) is 14.3 Å². The van der Waals surface area contributed by atoms with Crippen LogP contribution in [0.4, 0.5) is 11.4 Å². The van der Waals surface area contributed by atoms with E-state index in [0.717, 1.165) is 24.5 Å². The molecule has 0 bridgehead atoms. The molecular formula is C19H28N4O3. The van der Waals surface area contributed by atoms with Gasteiger partial charge in [0.2, 0.25) is 11.8 Å². The number of carbonyl (C=O) groups excluding carboxylic acids is 2. The number of nitrogens with zero attached hydrogens (tertiary/aromatic N) is 1. The lowest BCUT2D eigenvalue weighted by molar-refractivity contribution is -0.132. The molecule has 7 heteroatoms. The summed E-state index contributed by atoms with van der Waals surface area (Å²) in [5.41, 5.74) is 7.05. The number of nitrogens with two attached hydrogens (primary N) is 1. The van der Waals surface area contributed by atoms with Gasteiger partial charge in [-0.2, -0.15) is 0 Å². The van der Waals surface area contributed by atoms with Crippen LogP contribution in [0, 0.1) is 0 Å². The van der Waals surface area contributed by atoms with Crippen molar-refractivity contribution < 1.29 is 14.3 Å². The molecule has 0 saturated carbocycles. The third-order valence-corrected chi connectivity index (χ3v) is 5.16. The van der Waals surface area contributed by atoms with Gasteiger partial charge in [0.1, 0.15) is 6.04 Å². The molecule has 3 rings (SSSR count). The van der Waals surface area contributed by atoms with Crippen LogP contribution >= 0.6 is 0 Å². The molecule has 2 aliphatic heterocycles. The number of hydrogen-bond donors (Lipinski definition) is 3. The highest BCUT2D eigenvalue weighted by atomic mass is 16.5. The summed E-state index contributed by atoms with van der Waals surface area (Å²) in [6, 6.07) is 7.15. The maximum absolute atomic E-state index is 12.5. The Kier molecular flexibility index (Phi) is 5.78. The van der Waals surface area contributed by atoms with Gasteiger partial charge in [-0.15, -0.1) is 0 Å². The molecule has 26 heavy (non-hydrogen) atoms. The normalized spacial score (nSPS) is 20.5. The van der Waals surface area contributed by atoms with Crippen molar-refractivity contribution >= 4 is 23.2 Å². The lowest BCUT2D eigenvalue weighted by Crippen LogP contribution is -2.59. The van der Waals surface area contributed by atoms with Gasteiger partial charge in [0.25, 0.3) is 0 Å². The SMILES string of the molecule is CC(NC(=O)C1(N)CCOCC1)C(=O)Nc1cccc(N2CCCC2)c1. The lowest BCUT2D eigenvalue weighted by atomic mass is 9.90. The molecule has 1 atom stereocenters. The van der Waals surface area contributed by atoms with Crippen molar-refractivity contribution in [3.05, 3.63) is 24.3 Å². The van der Waals surface area contributed by atoms with Gasteiger partial charge in [-0.05, 0) is 50.8 Å². The third kappa shape index (κ3) is 4.34. The molecule has 2 aliphatic rings. The van der Waals surface area contributed by atoms with Crippen LogP contribution in [0.1, 0.15) is 32.6 Å². The number of nitrogens with one attached hydrogen (secondary N) is 2. The predicted octanol–water partition coefficient (Wildman–Crippen LogP) is 1.24. The molecule has 0 radical (unpaired) electrons. The van der Waals surface area contributed by atoms with E-state index in [1.807, 2.05) is 18.2 Å². The molecule has 0 aliphatic carbocycles. The van der Waals surface area contributed by atoms with Crippen LogP contribution in [0.2, 0.25) is 0 Å². The van der Waals surface area contributed by atoms with E-state index in [9.17, 15) is 9.59 Å². The van der Waals surface area contributed by atoms with Crippen LogP contribution in [-0.4, -0.2) is 49.7 Å². The Morgan fingerprint density at radius 3 is 2.62 bits per heavy atom. The fraction of sp³-hybridized carbons (Fsp3) is 0.579. The molecule has 2 fully saturated rings. The molecule has 2 saturated heterocycles. The number of hydrogen-bond acceptors (Lipinski definition) is 5. The molecule has 2 heterocycles. The number of carbonyl (C=O) groups is 2. The van der Waals surface area contributed by atoms with E-state index in [4.69, 9.17) is 10.5 Å². The van der Waals surface area contributed by atoms with Gasteiger partial charge in [-0.1, -0.05) is 6.07 Å². The zero-order chi connectivity index (χ0) is 18.6. The molecule has 142 valence electrons. The predicted molar refractivity (Wildman–Crippen MR) is 101 cm³/mol. The minimum Gasteiger partial charge on any atom is -0.381 e. The Balaban J connectivity index is 1.57. The van der Waals surface area contributed by atoms with Crippen LogP contribution < -0.4 is 21.3 Å². The Bertz CT molecular complexity index is 652. The van der Waals surface area contributed by atoms with E-state index in [1.165, 1.54) is 12.8 Å². The topological polar surface area (TPSA) is 96.7 Å². The van der Waals surface area contributed by atoms with E-state index in [-0.39, 0.29) is 11.8 Å². The summed E-state index contributed by atoms with van der Waals surface area (Å²) in [6.07, 6.45) is 3.33. The van der Waals surface area contributed by atoms with Gasteiger partial charge in [0.15, 0.2) is 0 Å². The quantitative estimate of drug-likeness (QED) is 0.734. The van der Waals surface area contributed by atoms with E-state index in [1.54, 1.807) is 6.92 Å². The molecule has 7 nitrogen and oxygen atoms in total. The first-order valence-corrected chi connectivity index (χ1v) is 9.31. The molecule has 1 unspecified atom stereocenters. The number of rotatable bonds is 5. The zero-order valence-electron chi connectivity index (χ0n) is 15.3. The molecule has 0 aromatic heterocycles. The number of anilines is 2. The third-order valence-electron chi connectivity index (χ3n) is 5.16. The summed E-state index contributed by atoms with van der Waals surface area (Å²) in [6.45, 7) is 4.69. The fourth-order valence-electron chi connectivity index (χ4n) is 3.37. The number of amides is 2. The van der Waals surface area contributed by atoms with Crippen LogP contribution in [0.3, 0.4) is 0 Å². The smallest absolute Gasteiger partial charge is 0.246 e. The Morgan fingerprint density at radius 2 is 1.92 bits per heavy atom. The summed E-state index contributed by atoms with van der Waals surface area (Å²) >= 11 is 0. The van der Waals surface area contributed by atoms with Gasteiger partial charge in [-0.25, -0.2) is 0 Å². The van der Waals surface area contributed by atoms with E-state index >= 15 is 0 Å². The monoisotopic (exact) mass is 360 g/mol. The van der Waals surface area contributed by atoms with Gasteiger partial charge in [0.05, 0.1) is 5.54 Å². The van der Waals surface area contributed by atoms with Gasteiger partial charge in [0, 0.05) is 37.7 Å². The summed E-state index contributed by atoms with van der Waals surface area (Å²) < 4.78 is 5.26. The first-order valence-electron chi connectivity index (χ1n) is 9.31. The van der Waals surface area contributed by atoms with Gasteiger partial charge in [-0.3, -0.25) is 9.59 Å². The summed E-state index contributed by atoms with van der Waals surface area (Å²) in [4.78, 5) is 27.2. The molecule has 0 spiro atoms. The lowest BCUT2D eigenvalue weighted by Gasteiger charge is -2.32. The van der Waals surface area contributed by atoms with E-state index in [2.05, 4.69) is 21.6 Å². The Hall–Kier alpha value is -2.12. The summed E-state index contributed by atoms with van der Waals surface area (Å²) in [7, 11) is 0. The highest BCUT2D eigenvalue weighted by Gasteiger charge is 2.37. The minimum absolute atomic E-state index is 0.257. The fourth-order valence-corrected chi connectivity index (χ4v) is 3.37. The highest BCUT2D eigenvalue weighted by Crippen LogP contribution is 2.23. The largest absolute Gasteiger partial charge is 0.381 e. The zero-order valence-corrected chi connectivity index (χ0v) is 15.3. The van der Waals surface area contributed by atoms with Crippen molar-refractivity contribution in [2.45, 2.75) is 44.2 Å². The molecule has 1 aromatic carbocycles. The first-order chi connectivity index (χ1) is 12.5. The standard InChI is InChI=1S/C19H28N4O3/c1-14(21-18(25)19(20)7-11-26-12-8-19)17(24)22-15-5-4-6-16(13-15)23-9-2-3-10-23/h4-6,13-14H,2-3,7-12,20H2,1H3,(H,21,25)(H,22,24). The second kappa shape index (κ2) is 8.05. The molecule has 4 N–H and O–H groups in total. The second-order valence-corrected chi connectivity index (χ2v) is 7.20. The average Bonchev–Trinajstić information content (AvgIpc) is 3.17. The average molecular weight is 360 g/mol. The van der Waals surface area contributed by atoms with Crippen molar-refractivity contribution in [2.24, 2.45) is 5.73 Å². The maximum Gasteiger partial charge on any atom is 0.246 e. The molecular weight excluding hydrogens is 332 g/mol. The van der Waals surface area contributed by atoms with Crippen LogP contribution in [0.25, 0.3) is 0 Å². The Morgan fingerprint density at radius 1 is 1.23 bits per heavy atom. The van der Waals surface area contributed by atoms with Crippen molar-refractivity contribution in [1.82, 2.24) is 5.32 Å². The summed E-state index contributed by atoms with van der Waals surface area (Å²) in [5, 5.41) is 5.62. The van der Waals surface area contributed by atoms with E-state index < -0.39 is 11.6 Å². The van der Waals surface area contributed by atoms with Crippen LogP contribution in [0.5, 0.6) is 0 Å². The van der Waals surface area contributed by atoms with Crippen molar-refractivity contribution in [1.29, 1.82) is 0 Å². The highest BCUT2D eigenvalue weighted by molar-refractivity contribution is 5.98. The van der Waals surface area contributed by atoms with Crippen molar-refractivity contribution in [3.8, 4) is 0 Å². The molecule has 1 aromatic rings. The van der Waals surface area contributed by atoms with Crippen LogP contribution in [0.15, 0.2) is 24.3 Å². The van der Waals surface area contributed by atoms with Gasteiger partial charge >= 0.3 is 0 Å². The van der Waals surface area contributed by atoms with Crippen molar-refractivity contribution in [2.75, 3.05) is 36.5 Å². The van der Waals surface area contributed by atoms with Crippen molar-refractivity contribution in [3.63, 3.8) is 0 Å².